The molecular formula is C30H39P. The summed E-state index contributed by atoms with van der Waals surface area (Å²) in [4.78, 5) is 0. The van der Waals surface area contributed by atoms with Gasteiger partial charge in [-0.1, -0.05) is 94.6 Å². The van der Waals surface area contributed by atoms with Crippen LogP contribution in [0, 0.1) is 20.8 Å². The van der Waals surface area contributed by atoms with Gasteiger partial charge in [0.15, 0.2) is 0 Å². The molecule has 0 saturated heterocycles. The Labute approximate surface area is 191 Å². The molecule has 1 unspecified atom stereocenters. The monoisotopic (exact) mass is 430 g/mol. The lowest BCUT2D eigenvalue weighted by molar-refractivity contribution is 0.829. The largest absolute Gasteiger partial charge is 0.0651 e. The predicted molar refractivity (Wildman–Crippen MR) is 141 cm³/mol. The average Bonchev–Trinajstić information content (AvgIpc) is 2.76. The Morgan fingerprint density at radius 2 is 1.16 bits per heavy atom. The van der Waals surface area contributed by atoms with E-state index in [0.717, 1.165) is 0 Å². The number of benzene rings is 3. The molecule has 0 amide bonds. The Balaban J connectivity index is 2.35. The van der Waals surface area contributed by atoms with Gasteiger partial charge >= 0.3 is 0 Å². The smallest absolute Gasteiger partial charge is 0.0116 e. The van der Waals surface area contributed by atoms with Gasteiger partial charge in [0.05, 0.1) is 0 Å². The second-order valence-electron chi connectivity index (χ2n) is 8.79. The van der Waals surface area contributed by atoms with E-state index in [1.54, 1.807) is 22.0 Å². The van der Waals surface area contributed by atoms with E-state index < -0.39 is 7.92 Å². The third-order valence-corrected chi connectivity index (χ3v) is 9.29. The molecule has 3 aromatic carbocycles. The molecule has 1 atom stereocenters. The van der Waals surface area contributed by atoms with E-state index in [4.69, 9.17) is 0 Å². The predicted octanol–water partition coefficient (Wildman–Crippen LogP) is 7.23. The van der Waals surface area contributed by atoms with Crippen molar-refractivity contribution >= 4 is 23.8 Å². The highest BCUT2D eigenvalue weighted by molar-refractivity contribution is 7.80. The highest BCUT2D eigenvalue weighted by atomic mass is 31.1. The SMILES string of the molecule is CCCc1ccc(P(c2ccccc2C)c2cccc(C)c2C)c(CCC)c1CCC. The third-order valence-electron chi connectivity index (χ3n) is 6.44. The first kappa shape index (κ1) is 23.7. The molecule has 0 aliphatic rings. The van der Waals surface area contributed by atoms with Crippen molar-refractivity contribution in [1.82, 2.24) is 0 Å². The van der Waals surface area contributed by atoms with Crippen LogP contribution < -0.4 is 15.9 Å². The average molecular weight is 431 g/mol. The van der Waals surface area contributed by atoms with Crippen LogP contribution in [0.5, 0.6) is 0 Å². The van der Waals surface area contributed by atoms with Gasteiger partial charge in [0, 0.05) is 0 Å². The van der Waals surface area contributed by atoms with Gasteiger partial charge in [-0.25, -0.2) is 0 Å². The summed E-state index contributed by atoms with van der Waals surface area (Å²) < 4.78 is 0. The van der Waals surface area contributed by atoms with E-state index in [2.05, 4.69) is 96.1 Å². The van der Waals surface area contributed by atoms with Gasteiger partial charge in [0.25, 0.3) is 0 Å². The maximum Gasteiger partial charge on any atom is -0.0116 e. The molecule has 164 valence electrons. The number of hydrogen-bond acceptors (Lipinski definition) is 0. The van der Waals surface area contributed by atoms with Gasteiger partial charge < -0.3 is 0 Å². The van der Waals surface area contributed by atoms with E-state index in [-0.39, 0.29) is 0 Å². The molecule has 0 aliphatic heterocycles. The van der Waals surface area contributed by atoms with Crippen LogP contribution in [0.15, 0.2) is 54.6 Å². The number of aryl methyl sites for hydroxylation is 3. The molecule has 31 heavy (non-hydrogen) atoms. The number of rotatable bonds is 9. The van der Waals surface area contributed by atoms with Gasteiger partial charge in [-0.15, -0.1) is 0 Å². The fourth-order valence-corrected chi connectivity index (χ4v) is 7.64. The van der Waals surface area contributed by atoms with Gasteiger partial charge in [-0.2, -0.15) is 0 Å². The zero-order chi connectivity index (χ0) is 22.4. The summed E-state index contributed by atoms with van der Waals surface area (Å²) in [7, 11) is -0.585. The quantitative estimate of drug-likeness (QED) is 0.314. The molecule has 0 aliphatic carbocycles. The van der Waals surface area contributed by atoms with E-state index in [1.807, 2.05) is 0 Å². The Morgan fingerprint density at radius 3 is 1.84 bits per heavy atom. The first-order valence-corrected chi connectivity index (χ1v) is 13.4. The highest BCUT2D eigenvalue weighted by Crippen LogP contribution is 2.39. The van der Waals surface area contributed by atoms with E-state index in [1.165, 1.54) is 65.8 Å². The molecular weight excluding hydrogens is 391 g/mol. The van der Waals surface area contributed by atoms with Crippen molar-refractivity contribution in [3.8, 4) is 0 Å². The summed E-state index contributed by atoms with van der Waals surface area (Å²) in [6.07, 6.45) is 7.19. The zero-order valence-corrected chi connectivity index (χ0v) is 21.3. The van der Waals surface area contributed by atoms with Crippen LogP contribution in [-0.2, 0) is 19.3 Å². The summed E-state index contributed by atoms with van der Waals surface area (Å²) in [6, 6.07) is 20.9. The normalized spacial score (nSPS) is 12.2. The van der Waals surface area contributed by atoms with Crippen molar-refractivity contribution < 1.29 is 0 Å². The van der Waals surface area contributed by atoms with Crippen molar-refractivity contribution in [3.05, 3.63) is 88.0 Å². The minimum atomic E-state index is -0.585. The fraction of sp³-hybridized carbons (Fsp3) is 0.400. The minimum Gasteiger partial charge on any atom is -0.0651 e. The molecule has 3 aromatic rings. The fourth-order valence-electron chi connectivity index (χ4n) is 4.71. The first-order chi connectivity index (χ1) is 15.0. The Hall–Kier alpha value is -1.91. The molecule has 0 aromatic heterocycles. The van der Waals surface area contributed by atoms with E-state index in [0.29, 0.717) is 0 Å². The van der Waals surface area contributed by atoms with Crippen LogP contribution in [0.2, 0.25) is 0 Å². The highest BCUT2D eigenvalue weighted by Gasteiger charge is 2.25. The molecule has 3 rings (SSSR count). The lowest BCUT2D eigenvalue weighted by Crippen LogP contribution is -2.28. The Morgan fingerprint density at radius 1 is 0.548 bits per heavy atom. The second-order valence-corrected chi connectivity index (χ2v) is 10.9. The molecule has 0 heterocycles. The maximum atomic E-state index is 2.50. The Bertz CT molecular complexity index is 1010. The summed E-state index contributed by atoms with van der Waals surface area (Å²) >= 11 is 0. The van der Waals surface area contributed by atoms with Crippen LogP contribution in [0.1, 0.15) is 73.4 Å². The van der Waals surface area contributed by atoms with Crippen molar-refractivity contribution in [3.63, 3.8) is 0 Å². The molecule has 0 N–H and O–H groups in total. The number of hydrogen-bond donors (Lipinski definition) is 0. The molecule has 0 nitrogen and oxygen atoms in total. The van der Waals surface area contributed by atoms with Gasteiger partial charge in [0.2, 0.25) is 0 Å². The van der Waals surface area contributed by atoms with Crippen LogP contribution in [0.3, 0.4) is 0 Å². The zero-order valence-electron chi connectivity index (χ0n) is 20.4. The van der Waals surface area contributed by atoms with Crippen LogP contribution in [0.25, 0.3) is 0 Å². The van der Waals surface area contributed by atoms with Gasteiger partial charge in [0.1, 0.15) is 0 Å². The lowest BCUT2D eigenvalue weighted by atomic mass is 9.92. The standard InChI is InChI=1S/C30H39P/c1-7-13-25-20-21-30(27(15-9-3)26(25)14-8-2)31(28-18-11-10-16-23(28)5)29-19-12-17-22(4)24(29)6/h10-12,16-21H,7-9,13-15H2,1-6H3. The van der Waals surface area contributed by atoms with E-state index >= 15 is 0 Å². The van der Waals surface area contributed by atoms with Crippen molar-refractivity contribution in [2.24, 2.45) is 0 Å². The minimum absolute atomic E-state index is 0.585. The van der Waals surface area contributed by atoms with Crippen molar-refractivity contribution in [2.45, 2.75) is 80.1 Å². The molecule has 1 heteroatoms. The van der Waals surface area contributed by atoms with Crippen LogP contribution in [-0.4, -0.2) is 0 Å². The van der Waals surface area contributed by atoms with Gasteiger partial charge in [-0.05, 0) is 97.2 Å². The third kappa shape index (κ3) is 5.12. The van der Waals surface area contributed by atoms with Crippen molar-refractivity contribution in [1.29, 1.82) is 0 Å². The van der Waals surface area contributed by atoms with Crippen molar-refractivity contribution in [2.75, 3.05) is 0 Å². The van der Waals surface area contributed by atoms with Crippen LogP contribution in [0.4, 0.5) is 0 Å². The summed E-state index contributed by atoms with van der Waals surface area (Å²) in [5, 5.41) is 4.62. The lowest BCUT2D eigenvalue weighted by Gasteiger charge is -2.28. The topological polar surface area (TPSA) is 0 Å². The Kier molecular flexibility index (Phi) is 8.50. The molecule has 0 radical (unpaired) electrons. The molecule has 0 bridgehead atoms. The molecule has 0 spiro atoms. The summed E-state index contributed by atoms with van der Waals surface area (Å²) in [6.45, 7) is 13.8. The second kappa shape index (κ2) is 11.1. The van der Waals surface area contributed by atoms with Gasteiger partial charge in [-0.3, -0.25) is 0 Å². The van der Waals surface area contributed by atoms with Crippen LogP contribution >= 0.6 is 7.92 Å². The summed E-state index contributed by atoms with van der Waals surface area (Å²) in [5.41, 5.74) is 9.13. The van der Waals surface area contributed by atoms with E-state index in [9.17, 15) is 0 Å². The molecule has 0 fully saturated rings. The maximum absolute atomic E-state index is 2.50. The molecule has 0 saturated carbocycles. The first-order valence-electron chi connectivity index (χ1n) is 12.1. The summed E-state index contributed by atoms with van der Waals surface area (Å²) in [5.74, 6) is 0.